The molecule has 1 heterocycles. The number of benzene rings is 1. The van der Waals surface area contributed by atoms with Crippen LogP contribution in [0.25, 0.3) is 0 Å². The van der Waals surface area contributed by atoms with Gasteiger partial charge in [-0.3, -0.25) is 9.48 Å². The van der Waals surface area contributed by atoms with Gasteiger partial charge in [0.15, 0.2) is 5.82 Å². The number of nitrogens with one attached hydrogen (secondary N) is 1. The highest BCUT2D eigenvalue weighted by Crippen LogP contribution is 2.34. The molecule has 2 atom stereocenters. The van der Waals surface area contributed by atoms with Gasteiger partial charge in [0.25, 0.3) is 5.91 Å². The van der Waals surface area contributed by atoms with Crippen LogP contribution in [-0.4, -0.2) is 34.4 Å². The second-order valence-corrected chi connectivity index (χ2v) is 6.88. The Balaban J connectivity index is 1.88. The van der Waals surface area contributed by atoms with Gasteiger partial charge in [0.1, 0.15) is 5.56 Å². The Morgan fingerprint density at radius 3 is 3.00 bits per heavy atom. The summed E-state index contributed by atoms with van der Waals surface area (Å²) in [6.45, 7) is 2.19. The molecule has 0 saturated heterocycles. The largest absolute Gasteiger partial charge is 0.491 e. The number of rotatable bonds is 7. The molecular formula is C19H24BN5O3. The second kappa shape index (κ2) is 8.91. The zero-order valence-electron chi connectivity index (χ0n) is 15.8. The standard InChI is InChI=1S/C19H24BN5O3/c1-2-28-20(27)14-7-5-8-15(10-14)23-19-16(18(22)26)12-25(24-19)17-9-4-3-6-13(17)11-21/h5,7-8,10,12-13,17,27H,2-4,6,9H2,1H3,(H2,22,26)(H,23,24)/t13-,17?/m1/s1. The number of nitrogens with zero attached hydrogens (tertiary/aromatic N) is 3. The minimum atomic E-state index is -1.03. The van der Waals surface area contributed by atoms with Crippen LogP contribution in [0.3, 0.4) is 0 Å². The fraction of sp³-hybridized carbons (Fsp3) is 0.421. The average molecular weight is 381 g/mol. The molecule has 1 aromatic heterocycles. The summed E-state index contributed by atoms with van der Waals surface area (Å²) in [5, 5.41) is 27.1. The van der Waals surface area contributed by atoms with Gasteiger partial charge in [-0.05, 0) is 37.4 Å². The fourth-order valence-electron chi connectivity index (χ4n) is 3.57. The van der Waals surface area contributed by atoms with Crippen molar-refractivity contribution < 1.29 is 14.5 Å². The van der Waals surface area contributed by atoms with Crippen LogP contribution in [0.1, 0.15) is 49.0 Å². The van der Waals surface area contributed by atoms with E-state index in [1.165, 1.54) is 0 Å². The second-order valence-electron chi connectivity index (χ2n) is 6.88. The van der Waals surface area contributed by atoms with Crippen molar-refractivity contribution >= 4 is 30.0 Å². The highest BCUT2D eigenvalue weighted by molar-refractivity contribution is 6.60. The van der Waals surface area contributed by atoms with E-state index in [1.54, 1.807) is 42.1 Å². The first-order valence-electron chi connectivity index (χ1n) is 9.48. The van der Waals surface area contributed by atoms with Crippen molar-refractivity contribution in [3.05, 3.63) is 36.0 Å². The fourth-order valence-corrected chi connectivity index (χ4v) is 3.57. The van der Waals surface area contributed by atoms with Crippen LogP contribution in [0, 0.1) is 17.2 Å². The maximum atomic E-state index is 11.9. The number of aromatic nitrogens is 2. The smallest absolute Gasteiger partial charge is 0.423 e. The maximum absolute atomic E-state index is 11.9. The van der Waals surface area contributed by atoms with Gasteiger partial charge >= 0.3 is 7.12 Å². The van der Waals surface area contributed by atoms with Crippen molar-refractivity contribution in [2.45, 2.75) is 38.6 Å². The van der Waals surface area contributed by atoms with Gasteiger partial charge in [-0.25, -0.2) is 0 Å². The lowest BCUT2D eigenvalue weighted by Crippen LogP contribution is -2.33. The Morgan fingerprint density at radius 2 is 2.29 bits per heavy atom. The van der Waals surface area contributed by atoms with Crippen molar-refractivity contribution in [2.75, 3.05) is 11.9 Å². The third-order valence-electron chi connectivity index (χ3n) is 4.99. The van der Waals surface area contributed by atoms with Crippen molar-refractivity contribution in [1.82, 2.24) is 9.78 Å². The number of primary amides is 1. The van der Waals surface area contributed by atoms with Crippen LogP contribution >= 0.6 is 0 Å². The van der Waals surface area contributed by atoms with Gasteiger partial charge < -0.3 is 20.7 Å². The summed E-state index contributed by atoms with van der Waals surface area (Å²) in [4.78, 5) is 11.9. The quantitative estimate of drug-likeness (QED) is 0.627. The summed E-state index contributed by atoms with van der Waals surface area (Å²) >= 11 is 0. The lowest BCUT2D eigenvalue weighted by Gasteiger charge is -2.26. The first-order valence-corrected chi connectivity index (χ1v) is 9.48. The van der Waals surface area contributed by atoms with E-state index in [0.29, 0.717) is 23.6 Å². The van der Waals surface area contributed by atoms with Crippen molar-refractivity contribution in [3.8, 4) is 6.07 Å². The predicted octanol–water partition coefficient (Wildman–Crippen LogP) is 1.70. The Bertz CT molecular complexity index is 879. The Labute approximate surface area is 164 Å². The van der Waals surface area contributed by atoms with Crippen LogP contribution in [-0.2, 0) is 4.65 Å². The van der Waals surface area contributed by atoms with E-state index in [2.05, 4.69) is 16.5 Å². The van der Waals surface area contributed by atoms with E-state index < -0.39 is 13.0 Å². The monoisotopic (exact) mass is 381 g/mol. The molecule has 1 aliphatic carbocycles. The van der Waals surface area contributed by atoms with Gasteiger partial charge in [0, 0.05) is 18.5 Å². The third kappa shape index (κ3) is 4.35. The number of hydrogen-bond donors (Lipinski definition) is 3. The summed E-state index contributed by atoms with van der Waals surface area (Å²) in [6, 6.07) is 9.32. The molecule has 8 nitrogen and oxygen atoms in total. The van der Waals surface area contributed by atoms with Gasteiger partial charge in [-0.1, -0.05) is 25.0 Å². The predicted molar refractivity (Wildman–Crippen MR) is 106 cm³/mol. The normalized spacial score (nSPS) is 19.0. The molecule has 28 heavy (non-hydrogen) atoms. The number of carbonyl (C=O) groups is 1. The number of anilines is 2. The van der Waals surface area contributed by atoms with E-state index in [0.717, 1.165) is 25.7 Å². The molecule has 1 fully saturated rings. The van der Waals surface area contributed by atoms with Crippen LogP contribution in [0.2, 0.25) is 0 Å². The molecular weight excluding hydrogens is 357 g/mol. The number of nitriles is 1. The Kier molecular flexibility index (Phi) is 6.34. The molecule has 9 heteroatoms. The lowest BCUT2D eigenvalue weighted by atomic mass is 9.79. The van der Waals surface area contributed by atoms with E-state index >= 15 is 0 Å². The molecule has 0 radical (unpaired) electrons. The molecule has 0 spiro atoms. The average Bonchev–Trinajstić information content (AvgIpc) is 3.12. The molecule has 2 aromatic rings. The van der Waals surface area contributed by atoms with Gasteiger partial charge in [-0.2, -0.15) is 10.4 Å². The van der Waals surface area contributed by atoms with E-state index in [4.69, 9.17) is 10.4 Å². The SMILES string of the molecule is CCOB(O)c1cccc(Nc2nn(C3CCCC[C@@H]3C#N)cc2C(N)=O)c1. The Hall–Kier alpha value is -2.83. The van der Waals surface area contributed by atoms with Crippen molar-refractivity contribution in [2.24, 2.45) is 11.7 Å². The summed E-state index contributed by atoms with van der Waals surface area (Å²) < 4.78 is 6.89. The molecule has 4 N–H and O–H groups in total. The molecule has 1 unspecified atom stereocenters. The number of amides is 1. The molecule has 0 bridgehead atoms. The molecule has 0 aliphatic heterocycles. The van der Waals surface area contributed by atoms with Crippen molar-refractivity contribution in [3.63, 3.8) is 0 Å². The van der Waals surface area contributed by atoms with Gasteiger partial charge in [0.2, 0.25) is 0 Å². The number of hydrogen-bond acceptors (Lipinski definition) is 6. The summed E-state index contributed by atoms with van der Waals surface area (Å²) in [6.07, 6.45) is 5.33. The van der Waals surface area contributed by atoms with Gasteiger partial charge in [-0.15, -0.1) is 0 Å². The topological polar surface area (TPSA) is 126 Å². The lowest BCUT2D eigenvalue weighted by molar-refractivity contribution is 0.100. The van der Waals surface area contributed by atoms with Gasteiger partial charge in [0.05, 0.1) is 18.0 Å². The van der Waals surface area contributed by atoms with Crippen molar-refractivity contribution in [1.29, 1.82) is 5.26 Å². The minimum Gasteiger partial charge on any atom is -0.423 e. The number of nitrogens with two attached hydrogens (primary N) is 1. The molecule has 1 aromatic carbocycles. The van der Waals surface area contributed by atoms with Crippen LogP contribution in [0.4, 0.5) is 11.5 Å². The Morgan fingerprint density at radius 1 is 1.50 bits per heavy atom. The van der Waals surface area contributed by atoms with E-state index in [9.17, 15) is 15.1 Å². The highest BCUT2D eigenvalue weighted by atomic mass is 16.5. The summed E-state index contributed by atoms with van der Waals surface area (Å²) in [5.74, 6) is -0.395. The molecule has 1 aliphatic rings. The zero-order chi connectivity index (χ0) is 20.1. The molecule has 1 saturated carbocycles. The summed E-state index contributed by atoms with van der Waals surface area (Å²) in [7, 11) is -1.03. The maximum Gasteiger partial charge on any atom is 0.491 e. The molecule has 1 amide bonds. The molecule has 3 rings (SSSR count). The van der Waals surface area contributed by atoms with E-state index in [-0.39, 0.29) is 17.5 Å². The zero-order valence-corrected chi connectivity index (χ0v) is 15.8. The molecule has 146 valence electrons. The van der Waals surface area contributed by atoms with Crippen LogP contribution in [0.5, 0.6) is 0 Å². The minimum absolute atomic E-state index is 0.0708. The van der Waals surface area contributed by atoms with E-state index in [1.807, 2.05) is 0 Å². The third-order valence-corrected chi connectivity index (χ3v) is 4.99. The first-order chi connectivity index (χ1) is 13.5. The van der Waals surface area contributed by atoms with Crippen LogP contribution in [0.15, 0.2) is 30.5 Å². The van der Waals surface area contributed by atoms with Crippen LogP contribution < -0.4 is 16.5 Å². The number of carbonyl (C=O) groups excluding carboxylic acids is 1. The highest BCUT2D eigenvalue weighted by Gasteiger charge is 2.29. The summed E-state index contributed by atoms with van der Waals surface area (Å²) in [5.41, 5.74) is 7.03. The first kappa shape index (κ1) is 19.9.